The molecular weight excluding hydrogens is 876 g/mol. The van der Waals surface area contributed by atoms with E-state index in [1.807, 2.05) is 19.9 Å². The quantitative estimate of drug-likeness (QED) is 0.242. The molecule has 1 saturated carbocycles. The molecule has 1 aromatic heterocycles. The van der Waals surface area contributed by atoms with Gasteiger partial charge in [-0.25, -0.2) is 4.39 Å². The van der Waals surface area contributed by atoms with Crippen LogP contribution in [0.3, 0.4) is 0 Å². The molecule has 65 heavy (non-hydrogen) atoms. The molecule has 2 saturated heterocycles. The molecule has 2 aromatic rings. The van der Waals surface area contributed by atoms with Crippen molar-refractivity contribution in [2.75, 3.05) is 27.2 Å². The lowest BCUT2D eigenvalue weighted by atomic mass is 9.94. The Labute approximate surface area is 381 Å². The van der Waals surface area contributed by atoms with Crippen molar-refractivity contribution in [3.63, 3.8) is 0 Å². The number of likely N-dealkylation sites (N-methyl/N-ethyl adjacent to an activating group) is 2. The lowest BCUT2D eigenvalue weighted by Crippen LogP contribution is -2.60. The van der Waals surface area contributed by atoms with Gasteiger partial charge in [0.05, 0.1) is 6.54 Å². The van der Waals surface area contributed by atoms with Crippen molar-refractivity contribution >= 4 is 53.0 Å². The van der Waals surface area contributed by atoms with Gasteiger partial charge in [-0.05, 0) is 87.1 Å². The van der Waals surface area contributed by atoms with Gasteiger partial charge in [0.2, 0.25) is 41.4 Å². The van der Waals surface area contributed by atoms with E-state index in [0.29, 0.717) is 33.9 Å². The molecule has 2 aliphatic heterocycles. The summed E-state index contributed by atoms with van der Waals surface area (Å²) in [5, 5.41) is 11.2. The van der Waals surface area contributed by atoms with Crippen molar-refractivity contribution < 1.29 is 51.1 Å². The van der Waals surface area contributed by atoms with Crippen LogP contribution in [0.2, 0.25) is 5.02 Å². The van der Waals surface area contributed by atoms with Gasteiger partial charge in [0, 0.05) is 56.5 Å². The van der Waals surface area contributed by atoms with Crippen molar-refractivity contribution in [1.29, 1.82) is 0 Å². The van der Waals surface area contributed by atoms with Gasteiger partial charge in [-0.1, -0.05) is 44.5 Å². The summed E-state index contributed by atoms with van der Waals surface area (Å²) in [4.78, 5) is 105. The molecule has 3 heterocycles. The minimum atomic E-state index is -4.88. The van der Waals surface area contributed by atoms with Gasteiger partial charge in [-0.3, -0.25) is 38.5 Å². The zero-order chi connectivity index (χ0) is 48.0. The van der Waals surface area contributed by atoms with Crippen LogP contribution in [0.25, 0.3) is 11.1 Å². The number of hydrogen-bond donors (Lipinski definition) is 4. The molecule has 20 heteroatoms. The molecule has 0 bridgehead atoms. The predicted molar refractivity (Wildman–Crippen MR) is 232 cm³/mol. The number of carbonyl (C=O) groups is 7. The third kappa shape index (κ3) is 11.9. The highest BCUT2D eigenvalue weighted by Crippen LogP contribution is 2.59. The zero-order valence-electron chi connectivity index (χ0n) is 37.5. The summed E-state index contributed by atoms with van der Waals surface area (Å²) < 4.78 is 56.3. The normalized spacial score (nSPS) is 25.0. The number of nitrogens with one attached hydrogen (secondary N) is 4. The van der Waals surface area contributed by atoms with Crippen molar-refractivity contribution in [3.05, 3.63) is 53.3 Å². The molecule has 15 nitrogen and oxygen atoms in total. The van der Waals surface area contributed by atoms with Crippen LogP contribution in [0.4, 0.5) is 17.6 Å². The first-order chi connectivity index (χ1) is 30.6. The van der Waals surface area contributed by atoms with E-state index in [1.54, 1.807) is 43.6 Å². The van der Waals surface area contributed by atoms with Crippen molar-refractivity contribution in [2.24, 2.45) is 11.3 Å². The molecule has 1 aromatic carbocycles. The van der Waals surface area contributed by atoms with Gasteiger partial charge < -0.3 is 36.0 Å². The second-order valence-corrected chi connectivity index (χ2v) is 18.2. The van der Waals surface area contributed by atoms with Gasteiger partial charge in [0.1, 0.15) is 47.8 Å². The summed E-state index contributed by atoms with van der Waals surface area (Å²) >= 11 is 6.46. The summed E-state index contributed by atoms with van der Waals surface area (Å²) in [6.45, 7) is 6.20. The fourth-order valence-electron chi connectivity index (χ4n) is 8.49. The minimum Gasteiger partial charge on any atom is -0.354 e. The van der Waals surface area contributed by atoms with Crippen LogP contribution < -0.4 is 21.3 Å². The van der Waals surface area contributed by atoms with E-state index in [4.69, 9.17) is 11.6 Å². The van der Waals surface area contributed by atoms with Crippen LogP contribution in [0, 0.1) is 11.3 Å². The fraction of sp³-hybridized carbons (Fsp3) is 0.600. The molecule has 7 amide bonds. The van der Waals surface area contributed by atoms with Gasteiger partial charge >= 0.3 is 6.18 Å². The Morgan fingerprint density at radius 2 is 1.75 bits per heavy atom. The highest BCUT2D eigenvalue weighted by Gasteiger charge is 2.70. The number of rotatable bonds is 11. The monoisotopic (exact) mass is 934 g/mol. The largest absolute Gasteiger partial charge is 0.403 e. The number of aromatic nitrogens is 1. The number of carbonyl (C=O) groups excluding carboxylic acids is 7. The maximum absolute atomic E-state index is 14.7. The molecule has 0 radical (unpaired) electrons. The first kappa shape index (κ1) is 50.7. The second kappa shape index (κ2) is 21.3. The first-order valence-electron chi connectivity index (χ1n) is 22.0. The molecule has 1 aliphatic carbocycles. The Balaban J connectivity index is 1.42. The lowest BCUT2D eigenvalue weighted by molar-refractivity contribution is -0.199. The molecular formula is C45H59ClF4N8O7. The van der Waals surface area contributed by atoms with Crippen LogP contribution in [0.1, 0.15) is 84.6 Å². The Morgan fingerprint density at radius 3 is 2.37 bits per heavy atom. The smallest absolute Gasteiger partial charge is 0.354 e. The Bertz CT molecular complexity index is 2090. The molecule has 3 fully saturated rings. The average Bonchev–Trinajstić information content (AvgIpc) is 4.00. The first-order valence-corrected chi connectivity index (χ1v) is 22.4. The second-order valence-electron chi connectivity index (χ2n) is 17.7. The highest BCUT2D eigenvalue weighted by atomic mass is 35.5. The lowest BCUT2D eigenvalue weighted by Gasteiger charge is -2.35. The van der Waals surface area contributed by atoms with E-state index >= 15 is 0 Å². The summed E-state index contributed by atoms with van der Waals surface area (Å²) in [7, 11) is 2.76. The summed E-state index contributed by atoms with van der Waals surface area (Å²) in [6.07, 6.45) is -4.19. The number of alkyl halides is 4. The molecule has 356 valence electrons. The molecule has 0 unspecified atom stereocenters. The van der Waals surface area contributed by atoms with E-state index in [2.05, 4.69) is 26.3 Å². The number of benzene rings is 1. The number of hydrogen-bond acceptors (Lipinski definition) is 8. The third-order valence-corrected chi connectivity index (χ3v) is 12.7. The van der Waals surface area contributed by atoms with E-state index in [0.717, 1.165) is 10.5 Å². The van der Waals surface area contributed by atoms with Crippen LogP contribution in [-0.2, 0) is 40.0 Å². The van der Waals surface area contributed by atoms with Gasteiger partial charge in [-0.15, -0.1) is 0 Å². The summed E-state index contributed by atoms with van der Waals surface area (Å²) in [5.74, 6) is -5.78. The van der Waals surface area contributed by atoms with E-state index in [-0.39, 0.29) is 38.1 Å². The van der Waals surface area contributed by atoms with Crippen molar-refractivity contribution in [2.45, 2.75) is 134 Å². The fourth-order valence-corrected chi connectivity index (χ4v) is 8.69. The Kier molecular flexibility index (Phi) is 16.6. The van der Waals surface area contributed by atoms with Crippen molar-refractivity contribution in [1.82, 2.24) is 41.0 Å². The van der Waals surface area contributed by atoms with Crippen LogP contribution in [0.15, 0.2) is 42.7 Å². The maximum atomic E-state index is 14.7. The number of amides is 7. The average molecular weight is 935 g/mol. The van der Waals surface area contributed by atoms with Gasteiger partial charge in [0.25, 0.3) is 0 Å². The van der Waals surface area contributed by atoms with Crippen LogP contribution >= 0.6 is 11.6 Å². The maximum Gasteiger partial charge on any atom is 0.403 e. The summed E-state index contributed by atoms with van der Waals surface area (Å²) in [6, 6.07) is 1.13. The third-order valence-electron chi connectivity index (χ3n) is 12.5. The Hall–Kier alpha value is -5.33. The van der Waals surface area contributed by atoms with E-state index in [1.165, 1.54) is 25.9 Å². The van der Waals surface area contributed by atoms with Crippen molar-refractivity contribution in [3.8, 4) is 11.1 Å². The highest BCUT2D eigenvalue weighted by molar-refractivity contribution is 6.30. The van der Waals surface area contributed by atoms with E-state index < -0.39 is 121 Å². The van der Waals surface area contributed by atoms with Crippen LogP contribution in [-0.4, -0.2) is 137 Å². The van der Waals surface area contributed by atoms with E-state index in [9.17, 15) is 51.1 Å². The molecule has 4 N–H and O–H groups in total. The minimum absolute atomic E-state index is 0.0432. The molecule has 7 atom stereocenters. The Morgan fingerprint density at radius 1 is 1.05 bits per heavy atom. The zero-order valence-corrected chi connectivity index (χ0v) is 38.2. The predicted octanol–water partition coefficient (Wildman–Crippen LogP) is 4.11. The standard InChI is InChI=1S/C45H59ClF4N8O7/c1-7-32(54-40(62)36-22-30(47)24-58(36)43(65)44(15-16-44)45(48,49)50)41(63)56(5)34-12-8-9-18-52-37(59)26(4)53-39(61)35(57(6)42(64)33(19-25(2)3)55-38(34)60)21-28-20-29(46)13-14-31(28)27-11-10-17-51-23-27/h10-11,13-14,17,20,23,25-26,30,32-36H,7-9,12,15-16,18-19,21-22,24H2,1-6H3,(H,52,59)(H,53,61)(H,54,62)(H,55,60)/t26-,30-,32+,33+,34+,35+,36+/m1/s1. The SMILES string of the molecule is CC[C@H](NC(=O)[C@@H]1C[C@@H](F)CN1C(=O)C1(C(F)(F)F)CC1)C(=O)N(C)[C@H]1CCCCNC(=O)[C@@H](C)NC(=O)[C@H](Cc2cc(Cl)ccc2-c2cccnc2)N(C)C(=O)[C@H](CC(C)C)NC1=O. The summed E-state index contributed by atoms with van der Waals surface area (Å²) in [5.41, 5.74) is -0.646. The molecule has 3 aliphatic rings. The number of pyridine rings is 1. The molecule has 0 spiro atoms. The molecule has 5 rings (SSSR count). The van der Waals surface area contributed by atoms with Gasteiger partial charge in [-0.2, -0.15) is 13.2 Å². The number of nitrogens with zero attached hydrogens (tertiary/aromatic N) is 4. The number of likely N-dealkylation sites (tertiary alicyclic amines) is 1. The van der Waals surface area contributed by atoms with Crippen LogP contribution in [0.5, 0.6) is 0 Å². The topological polar surface area (TPSA) is 190 Å². The van der Waals surface area contributed by atoms with Gasteiger partial charge in [0.15, 0.2) is 0 Å². The number of halogens is 5.